The number of methoxy groups -OCH3 is 1. The summed E-state index contributed by atoms with van der Waals surface area (Å²) in [5.74, 6) is -3.28. The second-order valence-corrected chi connectivity index (χ2v) is 5.54. The van der Waals surface area contributed by atoms with Crippen LogP contribution in [-0.2, 0) is 27.2 Å². The molecule has 0 spiro atoms. The van der Waals surface area contributed by atoms with E-state index in [1.54, 1.807) is 24.3 Å². The molecule has 1 N–H and O–H groups in total. The summed E-state index contributed by atoms with van der Waals surface area (Å²) < 4.78 is 30.9. The van der Waals surface area contributed by atoms with E-state index >= 15 is 0 Å². The molecule has 2 aromatic carbocycles. The van der Waals surface area contributed by atoms with Crippen LogP contribution in [0.3, 0.4) is 0 Å². The number of ether oxygens (including phenoxy) is 1. The van der Waals surface area contributed by atoms with Gasteiger partial charge in [0.05, 0.1) is 25.2 Å². The minimum absolute atomic E-state index is 0.0694. The van der Waals surface area contributed by atoms with Crippen LogP contribution >= 0.6 is 0 Å². The standard InChI is InChI=1S/C19H16F2N2O3/c1-26-19(25)17(10-13-4-2-3-5-14(13)11-22)23-18(24)9-12-6-7-15(20)16(21)8-12/h2-8,17H,9-10H2,1H3,(H,23,24)/t17-/m0/s1. The van der Waals surface area contributed by atoms with E-state index in [0.717, 1.165) is 12.1 Å². The maximum atomic E-state index is 13.2. The molecule has 0 aliphatic carbocycles. The van der Waals surface area contributed by atoms with Crippen molar-refractivity contribution in [2.24, 2.45) is 0 Å². The third-order valence-corrected chi connectivity index (χ3v) is 3.73. The Morgan fingerprint density at radius 1 is 1.19 bits per heavy atom. The molecule has 0 fully saturated rings. The summed E-state index contributed by atoms with van der Waals surface area (Å²) in [6, 6.07) is 10.8. The lowest BCUT2D eigenvalue weighted by Crippen LogP contribution is -2.43. The third kappa shape index (κ3) is 4.86. The van der Waals surface area contributed by atoms with Crippen molar-refractivity contribution in [1.29, 1.82) is 5.26 Å². The predicted octanol–water partition coefficient (Wildman–Crippen LogP) is 2.28. The van der Waals surface area contributed by atoms with Gasteiger partial charge in [-0.15, -0.1) is 0 Å². The Labute approximate surface area is 149 Å². The Balaban J connectivity index is 2.12. The van der Waals surface area contributed by atoms with E-state index in [2.05, 4.69) is 5.32 Å². The molecule has 0 aromatic heterocycles. The number of nitriles is 1. The Kier molecular flexibility index (Phi) is 6.39. The first-order chi connectivity index (χ1) is 12.4. The molecular formula is C19H16F2N2O3. The van der Waals surface area contributed by atoms with Crippen LogP contribution in [0.1, 0.15) is 16.7 Å². The highest BCUT2D eigenvalue weighted by Crippen LogP contribution is 2.12. The monoisotopic (exact) mass is 358 g/mol. The van der Waals surface area contributed by atoms with E-state index < -0.39 is 29.6 Å². The Hall–Kier alpha value is -3.27. The van der Waals surface area contributed by atoms with Crippen LogP contribution in [-0.4, -0.2) is 25.0 Å². The van der Waals surface area contributed by atoms with Gasteiger partial charge in [-0.3, -0.25) is 4.79 Å². The highest BCUT2D eigenvalue weighted by molar-refractivity contribution is 5.85. The van der Waals surface area contributed by atoms with Crippen LogP contribution in [0, 0.1) is 23.0 Å². The number of amides is 1. The van der Waals surface area contributed by atoms with Crippen LogP contribution < -0.4 is 5.32 Å². The second-order valence-electron chi connectivity index (χ2n) is 5.54. The van der Waals surface area contributed by atoms with E-state index in [4.69, 9.17) is 10.00 Å². The molecule has 2 rings (SSSR count). The molecule has 2 aromatic rings. The largest absolute Gasteiger partial charge is 0.467 e. The molecule has 0 saturated heterocycles. The van der Waals surface area contributed by atoms with Crippen molar-refractivity contribution in [3.63, 3.8) is 0 Å². The van der Waals surface area contributed by atoms with Crippen molar-refractivity contribution in [2.75, 3.05) is 7.11 Å². The minimum Gasteiger partial charge on any atom is -0.467 e. The fourth-order valence-corrected chi connectivity index (χ4v) is 2.44. The highest BCUT2D eigenvalue weighted by atomic mass is 19.2. The highest BCUT2D eigenvalue weighted by Gasteiger charge is 2.23. The number of nitrogens with zero attached hydrogens (tertiary/aromatic N) is 1. The molecule has 0 radical (unpaired) electrons. The van der Waals surface area contributed by atoms with Gasteiger partial charge in [-0.25, -0.2) is 13.6 Å². The first kappa shape index (κ1) is 19.1. The van der Waals surface area contributed by atoms with Gasteiger partial charge >= 0.3 is 5.97 Å². The molecule has 1 amide bonds. The molecule has 0 aliphatic heterocycles. The van der Waals surface area contributed by atoms with E-state index in [9.17, 15) is 18.4 Å². The summed E-state index contributed by atoms with van der Waals surface area (Å²) in [5, 5.41) is 11.6. The average Bonchev–Trinajstić information content (AvgIpc) is 2.64. The van der Waals surface area contributed by atoms with Crippen LogP contribution in [0.15, 0.2) is 42.5 Å². The summed E-state index contributed by atoms with van der Waals surface area (Å²) in [6.07, 6.45) is -0.162. The fourth-order valence-electron chi connectivity index (χ4n) is 2.44. The smallest absolute Gasteiger partial charge is 0.328 e. The predicted molar refractivity (Wildman–Crippen MR) is 88.9 cm³/mol. The lowest BCUT2D eigenvalue weighted by Gasteiger charge is -2.17. The van der Waals surface area contributed by atoms with Gasteiger partial charge in [-0.2, -0.15) is 5.26 Å². The van der Waals surface area contributed by atoms with Gasteiger partial charge in [0, 0.05) is 6.42 Å². The van der Waals surface area contributed by atoms with E-state index in [1.807, 2.05) is 6.07 Å². The molecule has 1 atom stereocenters. The molecule has 0 aliphatic rings. The average molecular weight is 358 g/mol. The number of rotatable bonds is 6. The van der Waals surface area contributed by atoms with Crippen molar-refractivity contribution in [2.45, 2.75) is 18.9 Å². The number of benzene rings is 2. The Morgan fingerprint density at radius 3 is 2.58 bits per heavy atom. The summed E-state index contributed by atoms with van der Waals surface area (Å²) in [4.78, 5) is 24.2. The number of nitrogens with one attached hydrogen (secondary N) is 1. The zero-order valence-electron chi connectivity index (χ0n) is 14.0. The maximum absolute atomic E-state index is 13.2. The molecule has 26 heavy (non-hydrogen) atoms. The third-order valence-electron chi connectivity index (χ3n) is 3.73. The van der Waals surface area contributed by atoms with Crippen LogP contribution in [0.2, 0.25) is 0 Å². The maximum Gasteiger partial charge on any atom is 0.328 e. The van der Waals surface area contributed by atoms with E-state index in [1.165, 1.54) is 13.2 Å². The van der Waals surface area contributed by atoms with Crippen LogP contribution in [0.4, 0.5) is 8.78 Å². The SMILES string of the molecule is COC(=O)[C@H](Cc1ccccc1C#N)NC(=O)Cc1ccc(F)c(F)c1. The van der Waals surface area contributed by atoms with E-state index in [-0.39, 0.29) is 18.4 Å². The van der Waals surface area contributed by atoms with Crippen molar-refractivity contribution in [3.05, 3.63) is 70.8 Å². The first-order valence-electron chi connectivity index (χ1n) is 7.73. The fraction of sp³-hybridized carbons (Fsp3) is 0.211. The lowest BCUT2D eigenvalue weighted by molar-refractivity contribution is -0.145. The molecule has 0 heterocycles. The van der Waals surface area contributed by atoms with Crippen molar-refractivity contribution >= 4 is 11.9 Å². The summed E-state index contributed by atoms with van der Waals surface area (Å²) in [6.45, 7) is 0. The summed E-state index contributed by atoms with van der Waals surface area (Å²) in [5.41, 5.74) is 1.23. The number of hydrogen-bond acceptors (Lipinski definition) is 4. The number of halogens is 2. The van der Waals surface area contributed by atoms with Gasteiger partial charge in [0.25, 0.3) is 0 Å². The number of esters is 1. The molecule has 7 heteroatoms. The van der Waals surface area contributed by atoms with Crippen LogP contribution in [0.25, 0.3) is 0 Å². The number of carbonyl (C=O) groups is 2. The second kappa shape index (κ2) is 8.72. The normalized spacial score (nSPS) is 11.3. The quantitative estimate of drug-likeness (QED) is 0.804. The van der Waals surface area contributed by atoms with Gasteiger partial charge in [0.15, 0.2) is 11.6 Å². The molecule has 5 nitrogen and oxygen atoms in total. The van der Waals surface area contributed by atoms with Gasteiger partial charge in [-0.05, 0) is 29.3 Å². The lowest BCUT2D eigenvalue weighted by atomic mass is 10.0. The van der Waals surface area contributed by atoms with Gasteiger partial charge < -0.3 is 10.1 Å². The van der Waals surface area contributed by atoms with Crippen molar-refractivity contribution < 1.29 is 23.1 Å². The topological polar surface area (TPSA) is 79.2 Å². The van der Waals surface area contributed by atoms with Crippen molar-refractivity contribution in [1.82, 2.24) is 5.32 Å². The Morgan fingerprint density at radius 2 is 1.92 bits per heavy atom. The molecule has 0 bridgehead atoms. The van der Waals surface area contributed by atoms with Crippen LogP contribution in [0.5, 0.6) is 0 Å². The minimum atomic E-state index is -1.05. The Bertz CT molecular complexity index is 862. The van der Waals surface area contributed by atoms with Crippen molar-refractivity contribution in [3.8, 4) is 6.07 Å². The molecule has 134 valence electrons. The zero-order chi connectivity index (χ0) is 19.1. The van der Waals surface area contributed by atoms with Gasteiger partial charge in [0.2, 0.25) is 5.91 Å². The van der Waals surface area contributed by atoms with Gasteiger partial charge in [-0.1, -0.05) is 24.3 Å². The zero-order valence-corrected chi connectivity index (χ0v) is 14.0. The summed E-state index contributed by atoms with van der Waals surface area (Å²) in [7, 11) is 1.19. The molecule has 0 unspecified atom stereocenters. The molecule has 0 saturated carbocycles. The summed E-state index contributed by atoms with van der Waals surface area (Å²) >= 11 is 0. The van der Waals surface area contributed by atoms with E-state index in [0.29, 0.717) is 11.1 Å². The number of carbonyl (C=O) groups excluding carboxylic acids is 2. The molecular weight excluding hydrogens is 342 g/mol. The van der Waals surface area contributed by atoms with Gasteiger partial charge in [0.1, 0.15) is 6.04 Å². The number of hydrogen-bond donors (Lipinski definition) is 1. The first-order valence-corrected chi connectivity index (χ1v) is 7.73.